The summed E-state index contributed by atoms with van der Waals surface area (Å²) in [5.74, 6) is 0.710. The molecule has 1 aromatic rings. The van der Waals surface area contributed by atoms with E-state index in [4.69, 9.17) is 11.6 Å². The average molecular weight is 306 g/mol. The minimum absolute atomic E-state index is 0.0293. The number of hydrogen-bond donors (Lipinski definition) is 1. The van der Waals surface area contributed by atoms with Gasteiger partial charge in [0.25, 0.3) is 0 Å². The molecule has 5 heteroatoms. The fourth-order valence-corrected chi connectivity index (χ4v) is 3.06. The van der Waals surface area contributed by atoms with Crippen molar-refractivity contribution in [2.45, 2.75) is 51.2 Å². The van der Waals surface area contributed by atoms with E-state index in [1.807, 2.05) is 0 Å². The number of benzene rings is 1. The molecule has 0 amide bonds. The molecule has 0 saturated heterocycles. The van der Waals surface area contributed by atoms with Crippen LogP contribution in [0.5, 0.6) is 0 Å². The first kappa shape index (κ1) is 15.5. The van der Waals surface area contributed by atoms with Crippen molar-refractivity contribution in [1.29, 1.82) is 0 Å². The topological polar surface area (TPSA) is 12.0 Å². The maximum atomic E-state index is 13.0. The fourth-order valence-electron chi connectivity index (χ4n) is 2.83. The minimum atomic E-state index is -4.38. The Labute approximate surface area is 122 Å². The van der Waals surface area contributed by atoms with Gasteiger partial charge in [0.05, 0.1) is 16.3 Å². The minimum Gasteiger partial charge on any atom is -0.381 e. The van der Waals surface area contributed by atoms with Gasteiger partial charge in [-0.1, -0.05) is 31.0 Å². The third-order valence-corrected chi connectivity index (χ3v) is 4.41. The maximum Gasteiger partial charge on any atom is 0.418 e. The van der Waals surface area contributed by atoms with E-state index in [1.54, 1.807) is 0 Å². The van der Waals surface area contributed by atoms with Gasteiger partial charge in [-0.15, -0.1) is 0 Å². The van der Waals surface area contributed by atoms with E-state index in [2.05, 4.69) is 12.2 Å². The highest BCUT2D eigenvalue weighted by Crippen LogP contribution is 2.40. The second-order valence-electron chi connectivity index (χ2n) is 5.43. The Balaban J connectivity index is 2.13. The van der Waals surface area contributed by atoms with E-state index in [-0.39, 0.29) is 16.8 Å². The van der Waals surface area contributed by atoms with Crippen molar-refractivity contribution in [1.82, 2.24) is 0 Å². The van der Waals surface area contributed by atoms with E-state index < -0.39 is 11.7 Å². The van der Waals surface area contributed by atoms with Gasteiger partial charge in [0.15, 0.2) is 0 Å². The van der Waals surface area contributed by atoms with E-state index in [1.165, 1.54) is 12.1 Å². The van der Waals surface area contributed by atoms with Gasteiger partial charge in [0.1, 0.15) is 0 Å². The lowest BCUT2D eigenvalue weighted by Gasteiger charge is -2.30. The molecule has 0 atom stereocenters. The normalized spacial score (nSPS) is 23.6. The fraction of sp³-hybridized carbons (Fsp3) is 0.600. The SMILES string of the molecule is CCC1CCC(Nc2c(Cl)cccc2C(F)(F)F)CC1. The van der Waals surface area contributed by atoms with E-state index in [0.29, 0.717) is 5.92 Å². The summed E-state index contributed by atoms with van der Waals surface area (Å²) in [6.45, 7) is 2.16. The zero-order valence-corrected chi connectivity index (χ0v) is 12.2. The van der Waals surface area contributed by atoms with Crippen LogP contribution in [0.1, 0.15) is 44.6 Å². The molecule has 2 rings (SSSR count). The molecule has 0 aliphatic heterocycles. The van der Waals surface area contributed by atoms with Gasteiger partial charge in [0, 0.05) is 6.04 Å². The van der Waals surface area contributed by atoms with E-state index in [9.17, 15) is 13.2 Å². The number of alkyl halides is 3. The van der Waals surface area contributed by atoms with Gasteiger partial charge >= 0.3 is 6.18 Å². The quantitative estimate of drug-likeness (QED) is 0.751. The zero-order valence-electron chi connectivity index (χ0n) is 11.4. The summed E-state index contributed by atoms with van der Waals surface area (Å²) in [4.78, 5) is 0. The summed E-state index contributed by atoms with van der Waals surface area (Å²) in [5.41, 5.74) is -0.649. The number of nitrogens with one attached hydrogen (secondary N) is 1. The molecule has 1 aliphatic rings. The van der Waals surface area contributed by atoms with Gasteiger partial charge in [-0.05, 0) is 43.7 Å². The van der Waals surface area contributed by atoms with Gasteiger partial charge in [-0.25, -0.2) is 0 Å². The molecule has 0 radical (unpaired) electrons. The van der Waals surface area contributed by atoms with Crippen molar-refractivity contribution in [2.24, 2.45) is 5.92 Å². The zero-order chi connectivity index (χ0) is 14.8. The summed E-state index contributed by atoms with van der Waals surface area (Å²) in [7, 11) is 0. The number of rotatable bonds is 3. The van der Waals surface area contributed by atoms with Crippen LogP contribution in [0.25, 0.3) is 0 Å². The molecule has 1 N–H and O–H groups in total. The van der Waals surface area contributed by atoms with Gasteiger partial charge < -0.3 is 5.32 Å². The second kappa shape index (κ2) is 6.25. The lowest BCUT2D eigenvalue weighted by molar-refractivity contribution is -0.137. The smallest absolute Gasteiger partial charge is 0.381 e. The predicted molar refractivity (Wildman–Crippen MR) is 76.1 cm³/mol. The average Bonchev–Trinajstić information content (AvgIpc) is 2.40. The van der Waals surface area contributed by atoms with Crippen LogP contribution in [-0.4, -0.2) is 6.04 Å². The molecule has 112 valence electrons. The molecule has 1 fully saturated rings. The van der Waals surface area contributed by atoms with Gasteiger partial charge in [-0.2, -0.15) is 13.2 Å². The highest BCUT2D eigenvalue weighted by atomic mass is 35.5. The van der Waals surface area contributed by atoms with Crippen LogP contribution in [0, 0.1) is 5.92 Å². The molecule has 0 aromatic heterocycles. The van der Waals surface area contributed by atoms with Crippen LogP contribution in [0.2, 0.25) is 5.02 Å². The first-order valence-corrected chi connectivity index (χ1v) is 7.41. The van der Waals surface area contributed by atoms with Crippen molar-refractivity contribution >= 4 is 17.3 Å². The summed E-state index contributed by atoms with van der Waals surface area (Å²) in [6, 6.07) is 3.99. The van der Waals surface area contributed by atoms with Gasteiger partial charge in [-0.3, -0.25) is 0 Å². The molecule has 20 heavy (non-hydrogen) atoms. The van der Waals surface area contributed by atoms with Crippen LogP contribution in [0.15, 0.2) is 18.2 Å². The van der Waals surface area contributed by atoms with Crippen LogP contribution in [0.3, 0.4) is 0 Å². The Morgan fingerprint density at radius 1 is 1.20 bits per heavy atom. The van der Waals surface area contributed by atoms with Gasteiger partial charge in [0.2, 0.25) is 0 Å². The van der Waals surface area contributed by atoms with Crippen LogP contribution < -0.4 is 5.32 Å². The van der Waals surface area contributed by atoms with Crippen molar-refractivity contribution < 1.29 is 13.2 Å². The number of anilines is 1. The highest BCUT2D eigenvalue weighted by Gasteiger charge is 2.35. The molecule has 0 bridgehead atoms. The molecule has 0 unspecified atom stereocenters. The lowest BCUT2D eigenvalue weighted by Crippen LogP contribution is -2.27. The summed E-state index contributed by atoms with van der Waals surface area (Å²) >= 11 is 5.95. The Morgan fingerprint density at radius 3 is 2.40 bits per heavy atom. The van der Waals surface area contributed by atoms with Crippen LogP contribution in [-0.2, 0) is 6.18 Å². The third kappa shape index (κ3) is 3.60. The summed E-state index contributed by atoms with van der Waals surface area (Å²) in [6.07, 6.45) is 0.711. The molecular weight excluding hydrogens is 287 g/mol. The second-order valence-corrected chi connectivity index (χ2v) is 5.84. The van der Waals surface area contributed by atoms with E-state index in [0.717, 1.165) is 38.2 Å². The monoisotopic (exact) mass is 305 g/mol. The standard InChI is InChI=1S/C15H19ClF3N/c1-2-10-6-8-11(9-7-10)20-14-12(15(17,18)19)4-3-5-13(14)16/h3-5,10-11,20H,2,6-9H2,1H3. The first-order valence-electron chi connectivity index (χ1n) is 7.04. The molecule has 0 spiro atoms. The number of para-hydroxylation sites is 1. The lowest BCUT2D eigenvalue weighted by atomic mass is 9.84. The Bertz CT molecular complexity index is 451. The van der Waals surface area contributed by atoms with Crippen molar-refractivity contribution in [3.8, 4) is 0 Å². The summed E-state index contributed by atoms with van der Waals surface area (Å²) < 4.78 is 39.0. The Morgan fingerprint density at radius 2 is 1.85 bits per heavy atom. The third-order valence-electron chi connectivity index (χ3n) is 4.09. The largest absolute Gasteiger partial charge is 0.418 e. The first-order chi connectivity index (χ1) is 9.41. The Kier molecular flexibility index (Phi) is 4.84. The maximum absolute atomic E-state index is 13.0. The number of halogens is 4. The number of hydrogen-bond acceptors (Lipinski definition) is 1. The Hall–Kier alpha value is -0.900. The molecular formula is C15H19ClF3N. The van der Waals surface area contributed by atoms with Crippen molar-refractivity contribution in [3.05, 3.63) is 28.8 Å². The molecule has 1 nitrogen and oxygen atoms in total. The molecule has 1 aromatic carbocycles. The van der Waals surface area contributed by atoms with Crippen molar-refractivity contribution in [3.63, 3.8) is 0 Å². The predicted octanol–water partition coefficient (Wildman–Crippen LogP) is 5.74. The molecule has 1 saturated carbocycles. The van der Waals surface area contributed by atoms with Crippen molar-refractivity contribution in [2.75, 3.05) is 5.32 Å². The molecule has 1 aliphatic carbocycles. The van der Waals surface area contributed by atoms with Crippen LogP contribution >= 0.6 is 11.6 Å². The van der Waals surface area contributed by atoms with Crippen LogP contribution in [0.4, 0.5) is 18.9 Å². The van der Waals surface area contributed by atoms with E-state index >= 15 is 0 Å². The molecule has 0 heterocycles. The summed E-state index contributed by atoms with van der Waals surface area (Å²) in [5, 5.41) is 3.15. The highest BCUT2D eigenvalue weighted by molar-refractivity contribution is 6.33.